The Kier molecular flexibility index (Phi) is 5.41. The highest BCUT2D eigenvalue weighted by molar-refractivity contribution is 5.94. The minimum atomic E-state index is -2.83. The lowest BCUT2D eigenvalue weighted by Gasteiger charge is -2.33. The van der Waals surface area contributed by atoms with Crippen LogP contribution in [0.4, 0.5) is 14.5 Å². The van der Waals surface area contributed by atoms with Crippen molar-refractivity contribution in [2.45, 2.75) is 31.2 Å². The first-order chi connectivity index (χ1) is 12.4. The number of alkyl halides is 2. The van der Waals surface area contributed by atoms with E-state index in [2.05, 4.69) is 10.6 Å². The summed E-state index contributed by atoms with van der Waals surface area (Å²) in [5.74, 6) is -2.88. The van der Waals surface area contributed by atoms with Gasteiger partial charge in [-0.2, -0.15) is 0 Å². The van der Waals surface area contributed by atoms with Gasteiger partial charge in [0, 0.05) is 25.4 Å². The number of piperidine rings is 1. The maximum absolute atomic E-state index is 13.3. The molecule has 0 spiro atoms. The zero-order valence-electron chi connectivity index (χ0n) is 14.6. The monoisotopic (exact) mass is 367 g/mol. The quantitative estimate of drug-likeness (QED) is 0.852. The number of methoxy groups -OCH3 is 1. The Hall–Kier alpha value is -2.22. The predicted molar refractivity (Wildman–Crippen MR) is 92.3 cm³/mol. The summed E-state index contributed by atoms with van der Waals surface area (Å²) in [5, 5.41) is 5.45. The van der Waals surface area contributed by atoms with Crippen LogP contribution in [-0.4, -0.2) is 55.4 Å². The molecule has 2 fully saturated rings. The second kappa shape index (κ2) is 7.57. The van der Waals surface area contributed by atoms with E-state index in [9.17, 15) is 18.4 Å². The standard InChI is InChI=1S/C18H23F2N3O3/c1-26-15-5-3-2-4-13(15)22-16(24)12-6-8-23(9-7-12)17(25)14-10-18(19,20)11-21-14/h2-5,12,14,21H,6-11H2,1H3,(H,22,24). The van der Waals surface area contributed by atoms with Gasteiger partial charge in [0.2, 0.25) is 11.8 Å². The number of nitrogens with zero attached hydrogens (tertiary/aromatic N) is 1. The van der Waals surface area contributed by atoms with Gasteiger partial charge in [0.15, 0.2) is 0 Å². The molecule has 0 saturated carbocycles. The molecule has 2 aliphatic heterocycles. The molecule has 1 atom stereocenters. The van der Waals surface area contributed by atoms with E-state index >= 15 is 0 Å². The van der Waals surface area contributed by atoms with Crippen molar-refractivity contribution in [1.82, 2.24) is 10.2 Å². The van der Waals surface area contributed by atoms with Gasteiger partial charge in [-0.1, -0.05) is 12.1 Å². The summed E-state index contributed by atoms with van der Waals surface area (Å²) < 4.78 is 31.7. The fourth-order valence-electron chi connectivity index (χ4n) is 3.46. The fraction of sp³-hybridized carbons (Fsp3) is 0.556. The van der Waals surface area contributed by atoms with Crippen LogP contribution in [0.25, 0.3) is 0 Å². The van der Waals surface area contributed by atoms with Crippen LogP contribution in [-0.2, 0) is 9.59 Å². The smallest absolute Gasteiger partial charge is 0.262 e. The van der Waals surface area contributed by atoms with E-state index in [0.717, 1.165) is 0 Å². The normalized spacial score (nSPS) is 22.9. The number of hydrogen-bond acceptors (Lipinski definition) is 4. The van der Waals surface area contributed by atoms with Crippen molar-refractivity contribution in [3.63, 3.8) is 0 Å². The molecule has 2 amide bonds. The summed E-state index contributed by atoms with van der Waals surface area (Å²) in [6, 6.07) is 6.33. The number of amides is 2. The highest BCUT2D eigenvalue weighted by Gasteiger charge is 2.44. The molecular weight excluding hydrogens is 344 g/mol. The zero-order chi connectivity index (χ0) is 18.7. The van der Waals surface area contributed by atoms with E-state index in [0.29, 0.717) is 37.4 Å². The van der Waals surface area contributed by atoms with E-state index in [4.69, 9.17) is 4.74 Å². The first kappa shape index (κ1) is 18.6. The third-order valence-electron chi connectivity index (χ3n) is 4.95. The molecule has 142 valence electrons. The van der Waals surface area contributed by atoms with Gasteiger partial charge < -0.3 is 15.0 Å². The number of likely N-dealkylation sites (tertiary alicyclic amines) is 1. The van der Waals surface area contributed by atoms with Gasteiger partial charge in [0.1, 0.15) is 5.75 Å². The van der Waals surface area contributed by atoms with Gasteiger partial charge in [0.25, 0.3) is 5.92 Å². The van der Waals surface area contributed by atoms with Crippen LogP contribution < -0.4 is 15.4 Å². The zero-order valence-corrected chi connectivity index (χ0v) is 14.6. The number of ether oxygens (including phenoxy) is 1. The topological polar surface area (TPSA) is 70.7 Å². The molecule has 2 aliphatic rings. The molecular formula is C18H23F2N3O3. The van der Waals surface area contributed by atoms with E-state index < -0.39 is 24.9 Å². The van der Waals surface area contributed by atoms with E-state index in [1.807, 2.05) is 12.1 Å². The minimum Gasteiger partial charge on any atom is -0.495 e. The largest absolute Gasteiger partial charge is 0.495 e. The van der Waals surface area contributed by atoms with Crippen LogP contribution in [0.3, 0.4) is 0 Å². The van der Waals surface area contributed by atoms with Crippen molar-refractivity contribution < 1.29 is 23.1 Å². The Bertz CT molecular complexity index is 675. The van der Waals surface area contributed by atoms with Crippen molar-refractivity contribution >= 4 is 17.5 Å². The van der Waals surface area contributed by atoms with Crippen molar-refractivity contribution in [3.8, 4) is 5.75 Å². The number of benzene rings is 1. The second-order valence-electron chi connectivity index (χ2n) is 6.78. The fourth-order valence-corrected chi connectivity index (χ4v) is 3.46. The minimum absolute atomic E-state index is 0.118. The van der Waals surface area contributed by atoms with E-state index in [1.165, 1.54) is 7.11 Å². The molecule has 0 aromatic heterocycles. The maximum Gasteiger partial charge on any atom is 0.262 e. The van der Waals surface area contributed by atoms with Gasteiger partial charge in [-0.3, -0.25) is 14.9 Å². The van der Waals surface area contributed by atoms with Crippen molar-refractivity contribution in [2.24, 2.45) is 5.92 Å². The summed E-state index contributed by atoms with van der Waals surface area (Å²) in [6.07, 6.45) is 0.561. The first-order valence-corrected chi connectivity index (χ1v) is 8.73. The lowest BCUT2D eigenvalue weighted by molar-refractivity contribution is -0.136. The molecule has 2 N–H and O–H groups in total. The summed E-state index contributed by atoms with van der Waals surface area (Å²) in [6.45, 7) is 0.334. The van der Waals surface area contributed by atoms with Crippen LogP contribution in [0.15, 0.2) is 24.3 Å². The van der Waals surface area contributed by atoms with Crippen LogP contribution in [0, 0.1) is 5.92 Å². The third kappa shape index (κ3) is 4.12. The summed E-state index contributed by atoms with van der Waals surface area (Å²) >= 11 is 0. The average molecular weight is 367 g/mol. The van der Waals surface area contributed by atoms with Gasteiger partial charge >= 0.3 is 0 Å². The summed E-state index contributed by atoms with van der Waals surface area (Å²) in [4.78, 5) is 26.4. The second-order valence-corrected chi connectivity index (χ2v) is 6.78. The number of para-hydroxylation sites is 2. The lowest BCUT2D eigenvalue weighted by atomic mass is 9.95. The van der Waals surface area contributed by atoms with Gasteiger partial charge in [-0.05, 0) is 25.0 Å². The van der Waals surface area contributed by atoms with Gasteiger partial charge in [0.05, 0.1) is 25.4 Å². The summed E-state index contributed by atoms with van der Waals surface area (Å²) in [5.41, 5.74) is 0.607. The molecule has 1 unspecified atom stereocenters. The average Bonchev–Trinajstić information content (AvgIpc) is 3.01. The highest BCUT2D eigenvalue weighted by atomic mass is 19.3. The molecule has 0 radical (unpaired) electrons. The SMILES string of the molecule is COc1ccccc1NC(=O)C1CCN(C(=O)C2CC(F)(F)CN2)CC1. The highest BCUT2D eigenvalue weighted by Crippen LogP contribution is 2.28. The number of anilines is 1. The van der Waals surface area contributed by atoms with Crippen molar-refractivity contribution in [2.75, 3.05) is 32.1 Å². The summed E-state index contributed by atoms with van der Waals surface area (Å²) in [7, 11) is 1.54. The van der Waals surface area contributed by atoms with Crippen molar-refractivity contribution in [1.29, 1.82) is 0 Å². The molecule has 8 heteroatoms. The van der Waals surface area contributed by atoms with Crippen LogP contribution in [0.5, 0.6) is 5.75 Å². The Balaban J connectivity index is 1.52. The molecule has 1 aromatic carbocycles. The van der Waals surface area contributed by atoms with E-state index in [1.54, 1.807) is 17.0 Å². The maximum atomic E-state index is 13.3. The number of halogens is 2. The van der Waals surface area contributed by atoms with Crippen LogP contribution in [0.2, 0.25) is 0 Å². The van der Waals surface area contributed by atoms with E-state index in [-0.39, 0.29) is 17.7 Å². The number of carbonyl (C=O) groups excluding carboxylic acids is 2. The molecule has 2 saturated heterocycles. The molecule has 0 aliphatic carbocycles. The molecule has 2 heterocycles. The van der Waals surface area contributed by atoms with Gasteiger partial charge in [-0.15, -0.1) is 0 Å². The number of hydrogen-bond donors (Lipinski definition) is 2. The predicted octanol–water partition coefficient (Wildman–Crippen LogP) is 1.87. The lowest BCUT2D eigenvalue weighted by Crippen LogP contribution is -2.48. The molecule has 6 nitrogen and oxygen atoms in total. The van der Waals surface area contributed by atoms with Crippen LogP contribution >= 0.6 is 0 Å². The Labute approximate surface area is 150 Å². The van der Waals surface area contributed by atoms with Crippen LogP contribution in [0.1, 0.15) is 19.3 Å². The number of carbonyl (C=O) groups is 2. The van der Waals surface area contributed by atoms with Crippen molar-refractivity contribution in [3.05, 3.63) is 24.3 Å². The first-order valence-electron chi connectivity index (χ1n) is 8.73. The molecule has 1 aromatic rings. The molecule has 26 heavy (non-hydrogen) atoms. The van der Waals surface area contributed by atoms with Gasteiger partial charge in [-0.25, -0.2) is 8.78 Å². The number of nitrogens with one attached hydrogen (secondary N) is 2. The molecule has 0 bridgehead atoms. The number of rotatable bonds is 4. The Morgan fingerprint density at radius 3 is 2.58 bits per heavy atom. The Morgan fingerprint density at radius 1 is 1.27 bits per heavy atom. The Morgan fingerprint density at radius 2 is 1.96 bits per heavy atom. The third-order valence-corrected chi connectivity index (χ3v) is 4.95. The molecule has 3 rings (SSSR count).